The van der Waals surface area contributed by atoms with Crippen molar-refractivity contribution in [3.8, 4) is 0 Å². The van der Waals surface area contributed by atoms with Crippen molar-refractivity contribution >= 4 is 13.7 Å². The van der Waals surface area contributed by atoms with E-state index in [-0.39, 0.29) is 19.1 Å². The SMILES string of the molecule is CCCCCCCCCCC/C=C/CC/C=C/CC/C=C/C(O)C(COP(=O)(O)OCC[N+](C)(C)C)NC(=O)CCCCCCCCCCCCCCCCCCCCCCCCCCCCC. The van der Waals surface area contributed by atoms with Gasteiger partial charge < -0.3 is 19.8 Å². The molecule has 0 aliphatic rings. The second-order valence-corrected chi connectivity index (χ2v) is 22.8. The van der Waals surface area contributed by atoms with Gasteiger partial charge in [0.15, 0.2) is 0 Å². The summed E-state index contributed by atoms with van der Waals surface area (Å²) in [6.45, 7) is 4.82. The van der Waals surface area contributed by atoms with Crippen LogP contribution in [-0.4, -0.2) is 73.4 Å². The molecule has 0 radical (unpaired) electrons. The highest BCUT2D eigenvalue weighted by molar-refractivity contribution is 7.47. The molecule has 68 heavy (non-hydrogen) atoms. The Hall–Kier alpha value is -1.28. The number of aliphatic hydroxyl groups excluding tert-OH is 1. The molecule has 0 fully saturated rings. The van der Waals surface area contributed by atoms with Gasteiger partial charge in [0, 0.05) is 6.42 Å². The predicted octanol–water partition coefficient (Wildman–Crippen LogP) is 17.8. The molecule has 0 aliphatic heterocycles. The van der Waals surface area contributed by atoms with Crippen molar-refractivity contribution in [3.63, 3.8) is 0 Å². The van der Waals surface area contributed by atoms with Gasteiger partial charge in [-0.25, -0.2) is 4.57 Å². The molecule has 0 rings (SSSR count). The normalized spacial score (nSPS) is 14.2. The van der Waals surface area contributed by atoms with Crippen LogP contribution in [0.1, 0.15) is 284 Å². The van der Waals surface area contributed by atoms with E-state index in [2.05, 4.69) is 43.5 Å². The highest BCUT2D eigenvalue weighted by Gasteiger charge is 2.27. The van der Waals surface area contributed by atoms with Crippen LogP contribution < -0.4 is 5.32 Å². The van der Waals surface area contributed by atoms with Crippen LogP contribution in [0.5, 0.6) is 0 Å². The number of nitrogens with zero attached hydrogens (tertiary/aromatic N) is 1. The Kier molecular flexibility index (Phi) is 49.7. The van der Waals surface area contributed by atoms with Crippen LogP contribution in [0.4, 0.5) is 0 Å². The third kappa shape index (κ3) is 52.5. The van der Waals surface area contributed by atoms with Crippen LogP contribution >= 0.6 is 7.82 Å². The first-order valence-electron chi connectivity index (χ1n) is 29.4. The number of phosphoric acid groups is 1. The predicted molar refractivity (Wildman–Crippen MR) is 295 cm³/mol. The Labute approximate surface area is 423 Å². The molecule has 8 nitrogen and oxygen atoms in total. The molecule has 9 heteroatoms. The van der Waals surface area contributed by atoms with Crippen molar-refractivity contribution in [2.45, 2.75) is 296 Å². The topological polar surface area (TPSA) is 105 Å². The van der Waals surface area contributed by atoms with Gasteiger partial charge in [0.1, 0.15) is 13.2 Å². The molecule has 0 saturated heterocycles. The number of rotatable bonds is 54. The lowest BCUT2D eigenvalue weighted by atomic mass is 10.0. The van der Waals surface area contributed by atoms with Gasteiger partial charge in [-0.1, -0.05) is 269 Å². The molecule has 402 valence electrons. The second-order valence-electron chi connectivity index (χ2n) is 21.4. The van der Waals surface area contributed by atoms with Crippen molar-refractivity contribution in [2.24, 2.45) is 0 Å². The van der Waals surface area contributed by atoms with Crippen molar-refractivity contribution in [1.82, 2.24) is 5.32 Å². The maximum Gasteiger partial charge on any atom is 0.472 e. The summed E-state index contributed by atoms with van der Waals surface area (Å²) in [6.07, 6.45) is 65.4. The number of hydrogen-bond acceptors (Lipinski definition) is 5. The van der Waals surface area contributed by atoms with Crippen molar-refractivity contribution in [1.29, 1.82) is 0 Å². The minimum absolute atomic E-state index is 0.0551. The lowest BCUT2D eigenvalue weighted by Gasteiger charge is -2.25. The van der Waals surface area contributed by atoms with E-state index < -0.39 is 20.0 Å². The van der Waals surface area contributed by atoms with Crippen LogP contribution in [0.2, 0.25) is 0 Å². The summed E-state index contributed by atoms with van der Waals surface area (Å²) in [7, 11) is 1.56. The van der Waals surface area contributed by atoms with Crippen LogP contribution in [-0.2, 0) is 18.4 Å². The lowest BCUT2D eigenvalue weighted by molar-refractivity contribution is -0.870. The summed E-state index contributed by atoms with van der Waals surface area (Å²) in [6, 6.07) is -0.868. The number of allylic oxidation sites excluding steroid dienone is 5. The number of phosphoric ester groups is 1. The van der Waals surface area contributed by atoms with E-state index in [0.717, 1.165) is 44.9 Å². The molecule has 0 aromatic rings. The zero-order valence-electron chi connectivity index (χ0n) is 45.9. The number of carbonyl (C=O) groups is 1. The van der Waals surface area contributed by atoms with Gasteiger partial charge in [0.05, 0.1) is 39.9 Å². The number of likely N-dealkylation sites (N-methyl/N-ethyl adjacent to an activating group) is 1. The number of nitrogens with one attached hydrogen (secondary N) is 1. The number of hydrogen-bond donors (Lipinski definition) is 3. The summed E-state index contributed by atoms with van der Waals surface area (Å²) < 4.78 is 23.7. The minimum Gasteiger partial charge on any atom is -0.387 e. The molecule has 1 amide bonds. The first-order chi connectivity index (χ1) is 33.0. The average molecular weight is 981 g/mol. The molecular weight excluding hydrogens is 864 g/mol. The number of aliphatic hydroxyl groups is 1. The Balaban J connectivity index is 4.19. The molecule has 0 saturated carbocycles. The smallest absolute Gasteiger partial charge is 0.387 e. The molecule has 3 unspecified atom stereocenters. The maximum atomic E-state index is 13.0. The first-order valence-corrected chi connectivity index (χ1v) is 30.9. The van der Waals surface area contributed by atoms with E-state index in [4.69, 9.17) is 9.05 Å². The van der Waals surface area contributed by atoms with Crippen molar-refractivity contribution < 1.29 is 32.9 Å². The fourth-order valence-corrected chi connectivity index (χ4v) is 9.46. The number of carbonyl (C=O) groups excluding carboxylic acids is 1. The Morgan fingerprint density at radius 1 is 0.485 bits per heavy atom. The first kappa shape index (κ1) is 66.7. The van der Waals surface area contributed by atoms with E-state index in [1.165, 1.54) is 218 Å². The molecule has 3 atom stereocenters. The summed E-state index contributed by atoms with van der Waals surface area (Å²) in [5.41, 5.74) is 0. The summed E-state index contributed by atoms with van der Waals surface area (Å²) in [4.78, 5) is 23.3. The Bertz CT molecular complexity index is 1200. The fraction of sp³-hybridized carbons (Fsp3) is 0.881. The molecule has 0 aromatic carbocycles. The van der Waals surface area contributed by atoms with Crippen LogP contribution in [0.15, 0.2) is 36.5 Å². The fourth-order valence-electron chi connectivity index (χ4n) is 8.72. The van der Waals surface area contributed by atoms with Crippen LogP contribution in [0, 0.1) is 0 Å². The van der Waals surface area contributed by atoms with E-state index >= 15 is 0 Å². The van der Waals surface area contributed by atoms with E-state index in [0.29, 0.717) is 17.4 Å². The Morgan fingerprint density at radius 3 is 1.18 bits per heavy atom. The van der Waals surface area contributed by atoms with E-state index in [1.54, 1.807) is 6.08 Å². The summed E-state index contributed by atoms with van der Waals surface area (Å²) in [5.74, 6) is -0.186. The standard InChI is InChI=1S/C59H115N2O6P/c1-6-8-10-12-14-16-18-20-22-24-26-27-28-29-30-31-32-33-35-37-39-41-43-45-47-49-51-53-59(63)60-57(56-67-68(64,65)66-55-54-61(3,4)5)58(62)52-50-48-46-44-42-40-38-36-34-25-23-21-19-17-15-13-11-9-7-2/h34,36,42,44,50,52,57-58,62H,6-33,35,37-41,43,45-49,51,53-56H2,1-5H3,(H-,60,63,64,65)/p+1/b36-34+,44-42+,52-50+. The van der Waals surface area contributed by atoms with Crippen LogP contribution in [0.25, 0.3) is 0 Å². The van der Waals surface area contributed by atoms with Crippen molar-refractivity contribution in [3.05, 3.63) is 36.5 Å². The molecule has 0 bridgehead atoms. The quantitative estimate of drug-likeness (QED) is 0.0243. The van der Waals surface area contributed by atoms with Gasteiger partial charge in [-0.3, -0.25) is 13.8 Å². The average Bonchev–Trinajstić information content (AvgIpc) is 3.30. The molecule has 0 spiro atoms. The van der Waals surface area contributed by atoms with Gasteiger partial charge >= 0.3 is 7.82 Å². The van der Waals surface area contributed by atoms with Gasteiger partial charge in [-0.2, -0.15) is 0 Å². The van der Waals surface area contributed by atoms with Crippen molar-refractivity contribution in [2.75, 3.05) is 40.9 Å². The Morgan fingerprint density at radius 2 is 0.809 bits per heavy atom. The minimum atomic E-state index is -4.36. The maximum absolute atomic E-state index is 13.0. The third-order valence-electron chi connectivity index (χ3n) is 13.3. The lowest BCUT2D eigenvalue weighted by Crippen LogP contribution is -2.45. The zero-order valence-corrected chi connectivity index (χ0v) is 46.8. The summed E-state index contributed by atoms with van der Waals surface area (Å²) >= 11 is 0. The molecule has 0 aliphatic carbocycles. The molecule has 3 N–H and O–H groups in total. The second kappa shape index (κ2) is 50.7. The number of quaternary nitrogens is 1. The van der Waals surface area contributed by atoms with Gasteiger partial charge in [-0.05, 0) is 44.9 Å². The van der Waals surface area contributed by atoms with Gasteiger partial charge in [0.2, 0.25) is 5.91 Å². The third-order valence-corrected chi connectivity index (χ3v) is 14.3. The number of unbranched alkanes of at least 4 members (excludes halogenated alkanes) is 37. The largest absolute Gasteiger partial charge is 0.472 e. The van der Waals surface area contributed by atoms with Gasteiger partial charge in [-0.15, -0.1) is 0 Å². The molecular formula is C59H116N2O6P+. The van der Waals surface area contributed by atoms with Gasteiger partial charge in [0.25, 0.3) is 0 Å². The van der Waals surface area contributed by atoms with Crippen LogP contribution in [0.3, 0.4) is 0 Å². The monoisotopic (exact) mass is 980 g/mol. The highest BCUT2D eigenvalue weighted by Crippen LogP contribution is 2.43. The number of amides is 1. The molecule has 0 aromatic heterocycles. The van der Waals surface area contributed by atoms with E-state index in [1.807, 2.05) is 27.2 Å². The highest BCUT2D eigenvalue weighted by atomic mass is 31.2. The zero-order chi connectivity index (χ0) is 49.9. The van der Waals surface area contributed by atoms with E-state index in [9.17, 15) is 19.4 Å². The summed E-state index contributed by atoms with van der Waals surface area (Å²) in [5, 5.41) is 13.9. The molecule has 0 heterocycles.